The number of nitrogens with zero attached hydrogens (tertiary/aromatic N) is 1. The van der Waals surface area contributed by atoms with Gasteiger partial charge in [0.15, 0.2) is 0 Å². The number of hydrogen-bond acceptors (Lipinski definition) is 1. The van der Waals surface area contributed by atoms with Gasteiger partial charge in [-0.15, -0.1) is 0 Å². The van der Waals surface area contributed by atoms with E-state index in [0.717, 1.165) is 0 Å². The van der Waals surface area contributed by atoms with E-state index in [1.807, 2.05) is 4.93 Å². The maximum atomic E-state index is 7.38. The summed E-state index contributed by atoms with van der Waals surface area (Å²) in [7, 11) is 0. The van der Waals surface area contributed by atoms with E-state index in [2.05, 4.69) is 0 Å². The van der Waals surface area contributed by atoms with Gasteiger partial charge in [-0.3, -0.25) is 0 Å². The summed E-state index contributed by atoms with van der Waals surface area (Å²) in [6.45, 7) is 0. The topological polar surface area (TPSA) is 23.8 Å². The quantitative estimate of drug-likeness (QED) is 0.364. The van der Waals surface area contributed by atoms with Crippen LogP contribution in [-0.4, -0.2) is 16.3 Å². The molecule has 4 heavy (non-hydrogen) atoms. The minimum absolute atomic E-state index is 0. The maximum absolute atomic E-state index is 7.38. The smallest absolute Gasteiger partial charge is 0.226 e. The van der Waals surface area contributed by atoms with Crippen molar-refractivity contribution >= 4 is 16.3 Å². The van der Waals surface area contributed by atoms with E-state index >= 15 is 0 Å². The molecule has 18 valence electrons. The Balaban J connectivity index is 0. The molecule has 0 aromatic rings. The number of rotatable bonds is 0. The Labute approximate surface area is 48.3 Å². The molecule has 1 nitrogen and oxygen atoms in total. The fraction of sp³-hybridized carbons (Fsp3) is 0. The number of hydrogen-bond donors (Lipinski definition) is 0. The Morgan fingerprint density at radius 1 is 1.75 bits per heavy atom. The Morgan fingerprint density at radius 3 is 1.75 bits per heavy atom. The summed E-state index contributed by atoms with van der Waals surface area (Å²) in [5.41, 5.74) is 0. The third-order valence-electron chi connectivity index (χ3n) is 0. The van der Waals surface area contributed by atoms with Gasteiger partial charge in [-0.1, -0.05) is 4.93 Å². The van der Waals surface area contributed by atoms with Gasteiger partial charge in [0.2, 0.25) is 0 Å². The SMILES string of the molecule is N#[C][AlH2].[Ti]. The molecule has 0 aliphatic rings. The molecular weight excluding hydrogens is 101 g/mol. The second-order valence-electron chi connectivity index (χ2n) is 0.224. The fourth-order valence-corrected chi connectivity index (χ4v) is 0. The molecule has 3 heteroatoms. The van der Waals surface area contributed by atoms with Gasteiger partial charge in [-0.25, -0.2) is 5.26 Å². The van der Waals surface area contributed by atoms with Crippen LogP contribution in [0.2, 0.25) is 0 Å². The standard InChI is InChI=1S/CN.Al.Ti.2H/c1-2;;;;. The Hall–Kier alpha value is 0.737. The molecule has 0 heterocycles. The summed E-state index contributed by atoms with van der Waals surface area (Å²) in [5, 5.41) is 7.38. The molecule has 0 saturated heterocycles. The van der Waals surface area contributed by atoms with E-state index in [1.165, 1.54) is 0 Å². The van der Waals surface area contributed by atoms with E-state index < -0.39 is 0 Å². The molecule has 0 unspecified atom stereocenters. The van der Waals surface area contributed by atoms with Crippen LogP contribution in [0.15, 0.2) is 0 Å². The molecular formula is CH2AlNTi. The van der Waals surface area contributed by atoms with Gasteiger partial charge in [0.05, 0.1) is 0 Å². The fourth-order valence-electron chi connectivity index (χ4n) is 0. The van der Waals surface area contributed by atoms with Gasteiger partial charge in [-0.2, -0.15) is 0 Å². The molecule has 0 aromatic heterocycles. The van der Waals surface area contributed by atoms with E-state index in [1.54, 1.807) is 0 Å². The molecule has 0 aromatic carbocycles. The van der Waals surface area contributed by atoms with Crippen LogP contribution in [0.4, 0.5) is 0 Å². The molecule has 0 aliphatic heterocycles. The Bertz CT molecular complexity index is 29.5. The third-order valence-corrected chi connectivity index (χ3v) is 0. The van der Waals surface area contributed by atoms with Gasteiger partial charge in [0.1, 0.15) is 0 Å². The molecule has 0 atom stereocenters. The first-order valence-corrected chi connectivity index (χ1v) is 1.72. The van der Waals surface area contributed by atoms with Gasteiger partial charge < -0.3 is 0 Å². The molecule has 0 radical (unpaired) electrons. The summed E-state index contributed by atoms with van der Waals surface area (Å²) in [6.07, 6.45) is 0. The van der Waals surface area contributed by atoms with E-state index in [4.69, 9.17) is 5.26 Å². The second-order valence-corrected chi connectivity index (χ2v) is 0.671. The molecule has 0 spiro atoms. The zero-order valence-electron chi connectivity index (χ0n) is 2.45. The van der Waals surface area contributed by atoms with Gasteiger partial charge >= 0.3 is 16.3 Å². The predicted octanol–water partition coefficient (Wildman–Crippen LogP) is -0.902. The van der Waals surface area contributed by atoms with Crippen LogP contribution >= 0.6 is 0 Å². The third kappa shape index (κ3) is 15.2. The summed E-state index contributed by atoms with van der Waals surface area (Å²) >= 11 is 0.674. The van der Waals surface area contributed by atoms with Crippen LogP contribution in [0.3, 0.4) is 0 Å². The van der Waals surface area contributed by atoms with E-state index in [9.17, 15) is 0 Å². The Kier molecular flexibility index (Phi) is 20.5. The summed E-state index contributed by atoms with van der Waals surface area (Å²) < 4.78 is 0. The summed E-state index contributed by atoms with van der Waals surface area (Å²) in [5.74, 6) is 0. The zero-order valence-corrected chi connectivity index (χ0v) is 6.01. The maximum Gasteiger partial charge on any atom is 0.376 e. The normalized spacial score (nSPS) is 1.75. The molecule has 0 fully saturated rings. The van der Waals surface area contributed by atoms with Crippen molar-refractivity contribution in [2.24, 2.45) is 0 Å². The second kappa shape index (κ2) is 9.28. The minimum atomic E-state index is 0. The molecule has 0 aliphatic carbocycles. The van der Waals surface area contributed by atoms with Crippen molar-refractivity contribution in [2.75, 3.05) is 0 Å². The van der Waals surface area contributed by atoms with E-state index in [0.29, 0.717) is 16.3 Å². The Morgan fingerprint density at radius 2 is 1.75 bits per heavy atom. The molecule has 0 amide bonds. The summed E-state index contributed by atoms with van der Waals surface area (Å²) in [6, 6.07) is 0. The first-order chi connectivity index (χ1) is 1.41. The zero-order chi connectivity index (χ0) is 2.71. The van der Waals surface area contributed by atoms with Crippen molar-refractivity contribution in [3.05, 3.63) is 0 Å². The molecule has 0 rings (SSSR count). The van der Waals surface area contributed by atoms with Crippen LogP contribution in [0, 0.1) is 10.2 Å². The van der Waals surface area contributed by atoms with Crippen LogP contribution in [0.5, 0.6) is 0 Å². The number of nitriles is 1. The van der Waals surface area contributed by atoms with Crippen molar-refractivity contribution in [3.63, 3.8) is 0 Å². The molecule has 0 saturated carbocycles. The van der Waals surface area contributed by atoms with Crippen molar-refractivity contribution in [2.45, 2.75) is 0 Å². The van der Waals surface area contributed by atoms with Gasteiger partial charge in [0.25, 0.3) is 0 Å². The van der Waals surface area contributed by atoms with Crippen molar-refractivity contribution in [1.82, 2.24) is 0 Å². The monoisotopic (exact) mass is 103 g/mol. The predicted molar refractivity (Wildman–Crippen MR) is 14.2 cm³/mol. The van der Waals surface area contributed by atoms with Crippen LogP contribution in [0.1, 0.15) is 0 Å². The average molecular weight is 103 g/mol. The van der Waals surface area contributed by atoms with E-state index in [-0.39, 0.29) is 21.7 Å². The van der Waals surface area contributed by atoms with Crippen LogP contribution in [0.25, 0.3) is 0 Å². The average Bonchev–Trinajstić information content (AvgIpc) is 0.918. The van der Waals surface area contributed by atoms with Crippen molar-refractivity contribution in [3.8, 4) is 4.93 Å². The summed E-state index contributed by atoms with van der Waals surface area (Å²) in [4.78, 5) is 1.89. The van der Waals surface area contributed by atoms with Crippen LogP contribution in [-0.2, 0) is 21.7 Å². The first kappa shape index (κ1) is 8.83. The van der Waals surface area contributed by atoms with Crippen molar-refractivity contribution in [1.29, 1.82) is 5.26 Å². The first-order valence-electron chi connectivity index (χ1n) is 0.724. The minimum Gasteiger partial charge on any atom is -0.226 e. The van der Waals surface area contributed by atoms with Crippen LogP contribution < -0.4 is 0 Å². The molecule has 0 bridgehead atoms. The molecule has 0 N–H and O–H groups in total. The van der Waals surface area contributed by atoms with Gasteiger partial charge in [0, 0.05) is 21.7 Å². The largest absolute Gasteiger partial charge is 0.376 e. The van der Waals surface area contributed by atoms with Gasteiger partial charge in [-0.05, 0) is 0 Å². The van der Waals surface area contributed by atoms with Crippen molar-refractivity contribution < 1.29 is 21.7 Å².